The van der Waals surface area contributed by atoms with Crippen molar-refractivity contribution in [3.63, 3.8) is 0 Å². The van der Waals surface area contributed by atoms with E-state index >= 15 is 0 Å². The Morgan fingerprint density at radius 3 is 2.62 bits per heavy atom. The second-order valence-corrected chi connectivity index (χ2v) is 9.67. The molecule has 0 radical (unpaired) electrons. The van der Waals surface area contributed by atoms with Crippen molar-refractivity contribution in [2.24, 2.45) is 0 Å². The summed E-state index contributed by atoms with van der Waals surface area (Å²) in [5.74, 6) is -2.88. The summed E-state index contributed by atoms with van der Waals surface area (Å²) in [6.07, 6.45) is 2.01. The number of hydrogen-bond acceptors (Lipinski definition) is 5. The summed E-state index contributed by atoms with van der Waals surface area (Å²) < 4.78 is 39.4. The van der Waals surface area contributed by atoms with Crippen molar-refractivity contribution in [1.29, 1.82) is 0 Å². The van der Waals surface area contributed by atoms with Crippen molar-refractivity contribution in [1.82, 2.24) is 20.2 Å². The maximum Gasteiger partial charge on any atom is 0.431 e. The molecule has 2 fully saturated rings. The summed E-state index contributed by atoms with van der Waals surface area (Å²) in [6.45, 7) is 0. The molecule has 3 aromatic rings. The summed E-state index contributed by atoms with van der Waals surface area (Å²) in [6, 6.07) is 8.01. The van der Waals surface area contributed by atoms with Gasteiger partial charge in [0.1, 0.15) is 11.4 Å². The largest absolute Gasteiger partial charge is 0.478 e. The Kier molecular flexibility index (Phi) is 6.18. The zero-order chi connectivity index (χ0) is 26.5. The van der Waals surface area contributed by atoms with Crippen LogP contribution in [-0.4, -0.2) is 62.2 Å². The van der Waals surface area contributed by atoms with E-state index in [-0.39, 0.29) is 29.7 Å². The zero-order valence-electron chi connectivity index (χ0n) is 19.8. The van der Waals surface area contributed by atoms with Crippen LogP contribution in [0.3, 0.4) is 0 Å². The molecule has 5 rings (SSSR count). The number of benzene rings is 1. The number of likely N-dealkylation sites (N-methyl/N-ethyl adjacent to an activating group) is 1. The fraction of sp³-hybridized carbons (Fsp3) is 0.346. The van der Waals surface area contributed by atoms with Crippen molar-refractivity contribution in [2.75, 3.05) is 7.05 Å². The minimum absolute atomic E-state index is 0.0923. The van der Waals surface area contributed by atoms with E-state index in [2.05, 4.69) is 20.2 Å². The first-order valence-electron chi connectivity index (χ1n) is 11.8. The number of nitrogens with zero attached hydrogens (tertiary/aromatic N) is 2. The number of aromatic nitrogens is 2. The average molecular weight is 515 g/mol. The SMILES string of the molecule is CN1C2CCC1C(c1cncc(-c3ccc4[nH]c(C(F)(F)F)cc4c3)c1)C(N/C(=C/C(=O)O)C(=O)O)C2. The Labute approximate surface area is 209 Å². The van der Waals surface area contributed by atoms with Gasteiger partial charge in [0.05, 0.1) is 6.08 Å². The van der Waals surface area contributed by atoms with Crippen LogP contribution < -0.4 is 5.32 Å². The third-order valence-electron chi connectivity index (χ3n) is 7.51. The number of alkyl halides is 3. The van der Waals surface area contributed by atoms with Gasteiger partial charge in [-0.3, -0.25) is 9.88 Å². The number of rotatable bonds is 6. The smallest absolute Gasteiger partial charge is 0.431 e. The third kappa shape index (κ3) is 4.78. The molecule has 1 aromatic carbocycles. The van der Waals surface area contributed by atoms with Crippen LogP contribution >= 0.6 is 0 Å². The quantitative estimate of drug-likeness (QED) is 0.364. The molecule has 4 atom stereocenters. The lowest BCUT2D eigenvalue weighted by Gasteiger charge is -2.44. The van der Waals surface area contributed by atoms with Crippen molar-refractivity contribution < 1.29 is 33.0 Å². The molecule has 2 aromatic heterocycles. The maximum absolute atomic E-state index is 13.1. The molecule has 37 heavy (non-hydrogen) atoms. The van der Waals surface area contributed by atoms with Gasteiger partial charge >= 0.3 is 18.1 Å². The molecule has 4 unspecified atom stereocenters. The highest BCUT2D eigenvalue weighted by Crippen LogP contribution is 2.44. The van der Waals surface area contributed by atoms with Crippen LogP contribution in [-0.2, 0) is 15.8 Å². The van der Waals surface area contributed by atoms with Gasteiger partial charge in [-0.25, -0.2) is 9.59 Å². The molecule has 4 N–H and O–H groups in total. The van der Waals surface area contributed by atoms with E-state index in [1.165, 1.54) is 0 Å². The van der Waals surface area contributed by atoms with E-state index in [0.29, 0.717) is 29.0 Å². The molecule has 2 bridgehead atoms. The molecule has 2 aliphatic heterocycles. The fourth-order valence-electron chi connectivity index (χ4n) is 5.82. The average Bonchev–Trinajstić information content (AvgIpc) is 3.36. The zero-order valence-corrected chi connectivity index (χ0v) is 19.8. The van der Waals surface area contributed by atoms with Crippen molar-refractivity contribution >= 4 is 22.8 Å². The fourth-order valence-corrected chi connectivity index (χ4v) is 5.82. The summed E-state index contributed by atoms with van der Waals surface area (Å²) in [5.41, 5.74) is 1.44. The Morgan fingerprint density at radius 2 is 1.92 bits per heavy atom. The minimum atomic E-state index is -4.47. The number of aliphatic carboxylic acids is 2. The van der Waals surface area contributed by atoms with Gasteiger partial charge in [0.15, 0.2) is 0 Å². The van der Waals surface area contributed by atoms with Crippen molar-refractivity contribution in [2.45, 2.75) is 49.5 Å². The van der Waals surface area contributed by atoms with Gasteiger partial charge in [0.25, 0.3) is 0 Å². The molecule has 0 spiro atoms. The van der Waals surface area contributed by atoms with Crippen LogP contribution in [0.15, 0.2) is 54.5 Å². The first-order chi connectivity index (χ1) is 17.5. The highest BCUT2D eigenvalue weighted by molar-refractivity contribution is 5.94. The normalized spacial score (nSPS) is 24.4. The number of carboxylic acids is 2. The molecular formula is C26H25F3N4O4. The van der Waals surface area contributed by atoms with E-state index in [9.17, 15) is 27.9 Å². The van der Waals surface area contributed by atoms with Gasteiger partial charge in [-0.05, 0) is 61.7 Å². The third-order valence-corrected chi connectivity index (χ3v) is 7.51. The van der Waals surface area contributed by atoms with Gasteiger partial charge in [-0.1, -0.05) is 6.07 Å². The van der Waals surface area contributed by atoms with Gasteiger partial charge in [0, 0.05) is 52.9 Å². The number of fused-ring (bicyclic) bond motifs is 3. The van der Waals surface area contributed by atoms with E-state index in [4.69, 9.17) is 5.11 Å². The number of carbonyl (C=O) groups is 2. The molecule has 0 saturated carbocycles. The highest BCUT2D eigenvalue weighted by Gasteiger charge is 2.46. The predicted molar refractivity (Wildman–Crippen MR) is 129 cm³/mol. The van der Waals surface area contributed by atoms with Gasteiger partial charge in [0.2, 0.25) is 0 Å². The van der Waals surface area contributed by atoms with Crippen LogP contribution in [0.25, 0.3) is 22.0 Å². The van der Waals surface area contributed by atoms with E-state index < -0.39 is 23.8 Å². The molecule has 0 aliphatic carbocycles. The standard InChI is InChI=1S/C26H25F3N4O4/c1-33-17-3-5-21(33)24(19(9-17)31-20(25(36)37)10-23(34)35)16-7-15(11-30-12-16)13-2-4-18-14(6-13)8-22(32-18)26(27,28)29/h2,4,6-8,10-12,17,19,21,24,31-32H,3,5,9H2,1H3,(H,34,35)(H,36,37)/b20-10+. The van der Waals surface area contributed by atoms with Crippen LogP contribution in [0.2, 0.25) is 0 Å². The van der Waals surface area contributed by atoms with Crippen LogP contribution in [0.4, 0.5) is 13.2 Å². The van der Waals surface area contributed by atoms with Gasteiger partial charge in [-0.15, -0.1) is 0 Å². The highest BCUT2D eigenvalue weighted by atomic mass is 19.4. The lowest BCUT2D eigenvalue weighted by atomic mass is 9.80. The van der Waals surface area contributed by atoms with Crippen molar-refractivity contribution in [3.8, 4) is 11.1 Å². The maximum atomic E-state index is 13.1. The number of nitrogens with one attached hydrogen (secondary N) is 2. The van der Waals surface area contributed by atoms with Gasteiger partial charge < -0.3 is 20.5 Å². The van der Waals surface area contributed by atoms with Crippen molar-refractivity contribution in [3.05, 3.63) is 65.8 Å². The molecule has 194 valence electrons. The van der Waals surface area contributed by atoms with E-state index in [0.717, 1.165) is 30.0 Å². The Morgan fingerprint density at radius 1 is 1.14 bits per heavy atom. The second-order valence-electron chi connectivity index (χ2n) is 9.67. The lowest BCUT2D eigenvalue weighted by molar-refractivity contribution is -0.140. The molecular weight excluding hydrogens is 489 g/mol. The predicted octanol–water partition coefficient (Wildman–Crippen LogP) is 4.21. The van der Waals surface area contributed by atoms with Gasteiger partial charge in [-0.2, -0.15) is 13.2 Å². The molecule has 2 saturated heterocycles. The first kappa shape index (κ1) is 24.8. The molecule has 11 heteroatoms. The Bertz CT molecular complexity index is 1400. The molecule has 4 heterocycles. The monoisotopic (exact) mass is 514 g/mol. The minimum Gasteiger partial charge on any atom is -0.478 e. The number of halogens is 3. The first-order valence-corrected chi connectivity index (χ1v) is 11.8. The second kappa shape index (κ2) is 9.22. The number of hydrogen-bond donors (Lipinski definition) is 4. The molecule has 2 aliphatic rings. The van der Waals surface area contributed by atoms with Crippen LogP contribution in [0.1, 0.15) is 36.4 Å². The summed E-state index contributed by atoms with van der Waals surface area (Å²) in [7, 11) is 2.03. The Balaban J connectivity index is 1.51. The summed E-state index contributed by atoms with van der Waals surface area (Å²) >= 11 is 0. The summed E-state index contributed by atoms with van der Waals surface area (Å²) in [4.78, 5) is 32.0. The topological polar surface area (TPSA) is 119 Å². The van der Waals surface area contributed by atoms with E-state index in [1.54, 1.807) is 30.6 Å². The number of carboxylic acid groups (broad SMARTS) is 2. The van der Waals surface area contributed by atoms with E-state index in [1.807, 2.05) is 13.1 Å². The van der Waals surface area contributed by atoms with Crippen LogP contribution in [0.5, 0.6) is 0 Å². The molecule has 8 nitrogen and oxygen atoms in total. The Hall–Kier alpha value is -3.86. The number of aromatic amines is 1. The lowest BCUT2D eigenvalue weighted by Crippen LogP contribution is -2.53. The van der Waals surface area contributed by atoms with Crippen LogP contribution in [0, 0.1) is 0 Å². The number of H-pyrrole nitrogens is 1. The summed E-state index contributed by atoms with van der Waals surface area (Å²) in [5, 5.41) is 22.1. The molecule has 0 amide bonds. The number of piperidine rings is 1. The number of pyridine rings is 1.